The number of halogens is 6. The summed E-state index contributed by atoms with van der Waals surface area (Å²) in [5.74, 6) is 0. The highest BCUT2D eigenvalue weighted by atomic mass is 19.4. The Morgan fingerprint density at radius 3 is 2.24 bits per heavy atom. The van der Waals surface area contributed by atoms with Gasteiger partial charge in [0.25, 0.3) is 0 Å². The molecule has 2 heterocycles. The van der Waals surface area contributed by atoms with Crippen molar-refractivity contribution in [2.45, 2.75) is 37.1 Å². The molecule has 12 heteroatoms. The smallest absolute Gasteiger partial charge is 0.416 e. The lowest BCUT2D eigenvalue weighted by Gasteiger charge is -2.33. The maximum atomic E-state index is 13.3. The Bertz CT molecular complexity index is 1300. The molecule has 0 spiro atoms. The van der Waals surface area contributed by atoms with Crippen LogP contribution in [0.25, 0.3) is 0 Å². The molecule has 0 bridgehead atoms. The summed E-state index contributed by atoms with van der Waals surface area (Å²) >= 11 is 0. The van der Waals surface area contributed by atoms with Crippen molar-refractivity contribution < 1.29 is 35.9 Å². The minimum Gasteiger partial charge on any atom is -0.444 e. The van der Waals surface area contributed by atoms with Gasteiger partial charge in [0.2, 0.25) is 0 Å². The Labute approximate surface area is 213 Å². The molecule has 2 atom stereocenters. The number of carbonyl (C=O) groups excluding carboxylic acids is 1. The zero-order valence-corrected chi connectivity index (χ0v) is 19.7. The van der Waals surface area contributed by atoms with Gasteiger partial charge in [0.1, 0.15) is 18.3 Å². The SMILES string of the molecule is O=C(OCc1ccccc1)N1CC[C@@]2(NNc3cc(C(F)(F)F)cc(C(F)(F)F)c3)c3ccccc3N[C@@H]12. The lowest BCUT2D eigenvalue weighted by atomic mass is 9.89. The Morgan fingerprint density at radius 1 is 0.947 bits per heavy atom. The summed E-state index contributed by atoms with van der Waals surface area (Å²) in [5, 5.41) is 3.24. The van der Waals surface area contributed by atoms with Gasteiger partial charge in [-0.2, -0.15) is 26.3 Å². The van der Waals surface area contributed by atoms with Gasteiger partial charge in [0.15, 0.2) is 0 Å². The summed E-state index contributed by atoms with van der Waals surface area (Å²) in [5.41, 5.74) is 3.33. The monoisotopic (exact) mass is 536 g/mol. The molecule has 6 nitrogen and oxygen atoms in total. The van der Waals surface area contributed by atoms with Gasteiger partial charge in [-0.3, -0.25) is 4.90 Å². The molecule has 2 aliphatic rings. The normalized spacial score (nSPS) is 20.5. The van der Waals surface area contributed by atoms with E-state index in [1.807, 2.05) is 18.2 Å². The van der Waals surface area contributed by atoms with Crippen LogP contribution in [0, 0.1) is 0 Å². The van der Waals surface area contributed by atoms with Crippen LogP contribution in [0.1, 0.15) is 28.7 Å². The van der Waals surface area contributed by atoms with E-state index in [1.165, 1.54) is 4.90 Å². The summed E-state index contributed by atoms with van der Waals surface area (Å²) in [6, 6.07) is 17.4. The highest BCUT2D eigenvalue weighted by Gasteiger charge is 2.56. The molecule has 0 aromatic heterocycles. The van der Waals surface area contributed by atoms with Gasteiger partial charge in [-0.15, -0.1) is 0 Å². The summed E-state index contributed by atoms with van der Waals surface area (Å²) in [6.07, 6.45) is -11.0. The second-order valence-corrected chi connectivity index (χ2v) is 9.09. The zero-order chi connectivity index (χ0) is 27.1. The van der Waals surface area contributed by atoms with Crippen molar-refractivity contribution in [2.75, 3.05) is 17.3 Å². The first-order valence-electron chi connectivity index (χ1n) is 11.6. The largest absolute Gasteiger partial charge is 0.444 e. The van der Waals surface area contributed by atoms with Crippen molar-refractivity contribution >= 4 is 17.5 Å². The van der Waals surface area contributed by atoms with E-state index in [0.717, 1.165) is 5.56 Å². The molecule has 0 unspecified atom stereocenters. The molecule has 0 saturated carbocycles. The number of hydrogen-bond donors (Lipinski definition) is 3. The van der Waals surface area contributed by atoms with Crippen LogP contribution in [0.3, 0.4) is 0 Å². The van der Waals surface area contributed by atoms with Crippen LogP contribution < -0.4 is 16.2 Å². The summed E-state index contributed by atoms with van der Waals surface area (Å²) < 4.78 is 85.5. The van der Waals surface area contributed by atoms with Crippen LogP contribution in [0.4, 0.5) is 42.5 Å². The molecule has 200 valence electrons. The highest BCUT2D eigenvalue weighted by molar-refractivity contribution is 5.73. The first-order chi connectivity index (χ1) is 18.0. The van der Waals surface area contributed by atoms with Gasteiger partial charge in [0, 0.05) is 23.5 Å². The maximum Gasteiger partial charge on any atom is 0.416 e. The summed E-state index contributed by atoms with van der Waals surface area (Å²) in [6.45, 7) is 0.268. The molecule has 1 saturated heterocycles. The number of carbonyl (C=O) groups is 1. The van der Waals surface area contributed by atoms with E-state index in [1.54, 1.807) is 36.4 Å². The predicted molar refractivity (Wildman–Crippen MR) is 127 cm³/mol. The Morgan fingerprint density at radius 2 is 1.58 bits per heavy atom. The number of hydrazine groups is 1. The number of amides is 1. The highest BCUT2D eigenvalue weighted by Crippen LogP contribution is 2.47. The average molecular weight is 536 g/mol. The number of hydrogen-bond acceptors (Lipinski definition) is 5. The van der Waals surface area contributed by atoms with Gasteiger partial charge >= 0.3 is 18.4 Å². The van der Waals surface area contributed by atoms with E-state index in [2.05, 4.69) is 16.2 Å². The third-order valence-corrected chi connectivity index (χ3v) is 6.68. The minimum absolute atomic E-state index is 0.0406. The fourth-order valence-electron chi connectivity index (χ4n) is 4.86. The van der Waals surface area contributed by atoms with Crippen LogP contribution in [-0.2, 0) is 29.2 Å². The number of likely N-dealkylation sites (tertiary alicyclic amines) is 1. The van der Waals surface area contributed by atoms with E-state index in [9.17, 15) is 31.1 Å². The topological polar surface area (TPSA) is 65.6 Å². The van der Waals surface area contributed by atoms with Crippen LogP contribution >= 0.6 is 0 Å². The molecule has 0 aliphatic carbocycles. The van der Waals surface area contributed by atoms with Crippen LogP contribution in [0.2, 0.25) is 0 Å². The number of benzene rings is 3. The lowest BCUT2D eigenvalue weighted by molar-refractivity contribution is -0.143. The Balaban J connectivity index is 1.41. The second-order valence-electron chi connectivity index (χ2n) is 9.09. The van der Waals surface area contributed by atoms with Crippen molar-refractivity contribution in [2.24, 2.45) is 0 Å². The van der Waals surface area contributed by atoms with Crippen molar-refractivity contribution in [3.05, 3.63) is 95.1 Å². The molecular formula is C26H22F6N4O2. The average Bonchev–Trinajstić information content (AvgIpc) is 3.40. The van der Waals surface area contributed by atoms with E-state index in [0.29, 0.717) is 29.8 Å². The van der Waals surface area contributed by atoms with E-state index >= 15 is 0 Å². The van der Waals surface area contributed by atoms with Crippen molar-refractivity contribution in [3.63, 3.8) is 0 Å². The minimum atomic E-state index is -4.98. The number of para-hydroxylation sites is 1. The predicted octanol–water partition coefficient (Wildman–Crippen LogP) is 6.33. The van der Waals surface area contributed by atoms with Gasteiger partial charge < -0.3 is 15.5 Å². The van der Waals surface area contributed by atoms with Crippen molar-refractivity contribution in [3.8, 4) is 0 Å². The molecule has 0 radical (unpaired) electrons. The molecule has 2 aliphatic heterocycles. The van der Waals surface area contributed by atoms with Crippen molar-refractivity contribution in [1.29, 1.82) is 0 Å². The Hall–Kier alpha value is -3.93. The van der Waals surface area contributed by atoms with Crippen LogP contribution in [0.15, 0.2) is 72.8 Å². The quantitative estimate of drug-likeness (QED) is 0.263. The zero-order valence-electron chi connectivity index (χ0n) is 19.7. The first-order valence-corrected chi connectivity index (χ1v) is 11.6. The van der Waals surface area contributed by atoms with Crippen LogP contribution in [-0.4, -0.2) is 23.7 Å². The van der Waals surface area contributed by atoms with E-state index in [-0.39, 0.29) is 19.2 Å². The third kappa shape index (κ3) is 4.83. The van der Waals surface area contributed by atoms with E-state index < -0.39 is 47.0 Å². The number of rotatable bonds is 5. The molecule has 1 fully saturated rings. The number of alkyl halides is 6. The molecule has 5 rings (SSSR count). The molecular weight excluding hydrogens is 514 g/mol. The van der Waals surface area contributed by atoms with E-state index in [4.69, 9.17) is 4.74 Å². The number of fused-ring (bicyclic) bond motifs is 3. The fourth-order valence-corrected chi connectivity index (χ4v) is 4.86. The fraction of sp³-hybridized carbons (Fsp3) is 0.269. The third-order valence-electron chi connectivity index (χ3n) is 6.68. The summed E-state index contributed by atoms with van der Waals surface area (Å²) in [4.78, 5) is 14.5. The van der Waals surface area contributed by atoms with Gasteiger partial charge in [-0.25, -0.2) is 10.2 Å². The molecule has 3 aromatic carbocycles. The van der Waals surface area contributed by atoms with Crippen LogP contribution in [0.5, 0.6) is 0 Å². The number of anilines is 2. The Kier molecular flexibility index (Phi) is 6.38. The molecule has 38 heavy (non-hydrogen) atoms. The summed E-state index contributed by atoms with van der Waals surface area (Å²) in [7, 11) is 0. The first kappa shape index (κ1) is 25.7. The molecule has 3 N–H and O–H groups in total. The second kappa shape index (κ2) is 9.43. The van der Waals surface area contributed by atoms with Gasteiger partial charge in [0.05, 0.1) is 11.1 Å². The number of ether oxygens (including phenoxy) is 1. The van der Waals surface area contributed by atoms with Crippen molar-refractivity contribution in [1.82, 2.24) is 10.3 Å². The van der Waals surface area contributed by atoms with Gasteiger partial charge in [-0.1, -0.05) is 48.5 Å². The number of nitrogens with one attached hydrogen (secondary N) is 3. The number of nitrogens with zero attached hydrogens (tertiary/aromatic N) is 1. The molecule has 3 aromatic rings. The van der Waals surface area contributed by atoms with Gasteiger partial charge in [-0.05, 0) is 36.2 Å². The standard InChI is InChI=1S/C26H22F6N4O2/c27-25(28,29)17-12-18(26(30,31)32)14-19(13-17)34-35-24-10-11-36(22(24)33-21-9-5-4-8-20(21)24)23(37)38-15-16-6-2-1-3-7-16/h1-9,12-14,22,33-35H,10-11,15H2/t22-,24+/m0/s1. The lowest BCUT2D eigenvalue weighted by Crippen LogP contribution is -2.54. The molecule has 1 amide bonds. The maximum absolute atomic E-state index is 13.3.